The van der Waals surface area contributed by atoms with Crippen molar-refractivity contribution in [2.45, 2.75) is 24.6 Å². The van der Waals surface area contributed by atoms with Crippen molar-refractivity contribution in [1.82, 2.24) is 10.3 Å². The minimum Gasteiger partial charge on any atom is -0.346 e. The molecule has 2 aliphatic rings. The molecule has 1 unspecified atom stereocenters. The number of carbonyl (C=O) groups excluding carboxylic acids is 2. The lowest BCUT2D eigenvalue weighted by Crippen LogP contribution is -2.50. The molecule has 0 amide bonds. The highest BCUT2D eigenvalue weighted by molar-refractivity contribution is 8.14. The van der Waals surface area contributed by atoms with Crippen molar-refractivity contribution in [2.24, 2.45) is 0 Å². The standard InChI is InChI=1S/C12H15N3O2S2/c1-7(16)19-8-4-15(5-8)12-14-10(6-18-12)11(17)9-2-3-13-9/h6,8-9,13H,2-5H2,1H3. The van der Waals surface area contributed by atoms with E-state index in [2.05, 4.69) is 15.2 Å². The molecule has 3 heterocycles. The predicted molar refractivity (Wildman–Crippen MR) is 77.1 cm³/mol. The van der Waals surface area contributed by atoms with Crippen LogP contribution in [0.15, 0.2) is 5.38 Å². The van der Waals surface area contributed by atoms with E-state index >= 15 is 0 Å². The molecule has 3 rings (SSSR count). The van der Waals surface area contributed by atoms with Gasteiger partial charge in [0, 0.05) is 30.6 Å². The molecule has 2 aliphatic heterocycles. The quantitative estimate of drug-likeness (QED) is 0.841. The van der Waals surface area contributed by atoms with Crippen molar-refractivity contribution in [2.75, 3.05) is 24.5 Å². The number of aromatic nitrogens is 1. The van der Waals surface area contributed by atoms with Crippen molar-refractivity contribution in [3.63, 3.8) is 0 Å². The minimum atomic E-state index is -0.0349. The first-order valence-electron chi connectivity index (χ1n) is 6.29. The third-order valence-corrected chi connectivity index (χ3v) is 5.20. The Labute approximate surface area is 119 Å². The topological polar surface area (TPSA) is 62.3 Å². The third-order valence-electron chi connectivity index (χ3n) is 3.34. The number of nitrogens with zero attached hydrogens (tertiary/aromatic N) is 2. The number of ketones is 1. The van der Waals surface area contributed by atoms with E-state index in [1.165, 1.54) is 23.1 Å². The van der Waals surface area contributed by atoms with Crippen molar-refractivity contribution in [3.05, 3.63) is 11.1 Å². The van der Waals surface area contributed by atoms with E-state index in [0.29, 0.717) is 10.9 Å². The summed E-state index contributed by atoms with van der Waals surface area (Å²) in [5.74, 6) is 0.101. The van der Waals surface area contributed by atoms with Gasteiger partial charge in [-0.25, -0.2) is 4.98 Å². The first-order valence-corrected chi connectivity index (χ1v) is 8.04. The average molecular weight is 297 g/mol. The fraction of sp³-hybridized carbons (Fsp3) is 0.583. The molecule has 2 fully saturated rings. The number of hydrogen-bond acceptors (Lipinski definition) is 7. The molecule has 0 aromatic carbocycles. The molecule has 19 heavy (non-hydrogen) atoms. The molecular weight excluding hydrogens is 282 g/mol. The van der Waals surface area contributed by atoms with Gasteiger partial charge in [0.05, 0.1) is 6.04 Å². The summed E-state index contributed by atoms with van der Waals surface area (Å²) < 4.78 is 0. The van der Waals surface area contributed by atoms with Crippen LogP contribution < -0.4 is 10.2 Å². The van der Waals surface area contributed by atoms with Gasteiger partial charge in [0.1, 0.15) is 5.69 Å². The summed E-state index contributed by atoms with van der Waals surface area (Å²) in [6, 6.07) is -0.0349. The second-order valence-corrected chi connectivity index (χ2v) is 7.13. The predicted octanol–water partition coefficient (Wildman–Crippen LogP) is 1.16. The summed E-state index contributed by atoms with van der Waals surface area (Å²) in [5.41, 5.74) is 0.569. The maximum absolute atomic E-state index is 12.0. The summed E-state index contributed by atoms with van der Waals surface area (Å²) in [6.45, 7) is 4.20. The number of rotatable bonds is 4. The van der Waals surface area contributed by atoms with Crippen molar-refractivity contribution >= 4 is 39.1 Å². The Balaban J connectivity index is 1.57. The Kier molecular flexibility index (Phi) is 3.60. The first kappa shape index (κ1) is 13.1. The lowest BCUT2D eigenvalue weighted by molar-refractivity contribution is -0.109. The Morgan fingerprint density at radius 3 is 2.84 bits per heavy atom. The molecule has 1 aromatic heterocycles. The average Bonchev–Trinajstić information content (AvgIpc) is 2.68. The molecule has 7 heteroatoms. The van der Waals surface area contributed by atoms with E-state index in [1.54, 1.807) is 6.92 Å². The Morgan fingerprint density at radius 2 is 2.26 bits per heavy atom. The third kappa shape index (κ3) is 2.68. The van der Waals surface area contributed by atoms with Crippen LogP contribution >= 0.6 is 23.1 Å². The number of Topliss-reactive ketones (excluding diaryl/α,β-unsaturated/α-hetero) is 1. The number of anilines is 1. The zero-order valence-corrected chi connectivity index (χ0v) is 12.2. The number of nitrogens with one attached hydrogen (secondary N) is 1. The highest BCUT2D eigenvalue weighted by Crippen LogP contribution is 2.31. The lowest BCUT2D eigenvalue weighted by Gasteiger charge is -2.37. The van der Waals surface area contributed by atoms with Gasteiger partial charge in [0.25, 0.3) is 0 Å². The molecule has 0 radical (unpaired) electrons. The van der Waals surface area contributed by atoms with Gasteiger partial charge in [0.15, 0.2) is 16.0 Å². The Morgan fingerprint density at radius 1 is 1.53 bits per heavy atom. The molecule has 0 aliphatic carbocycles. The van der Waals surface area contributed by atoms with Gasteiger partial charge in [-0.2, -0.15) is 0 Å². The van der Waals surface area contributed by atoms with Crippen LogP contribution in [0.2, 0.25) is 0 Å². The van der Waals surface area contributed by atoms with Crippen LogP contribution in [0.1, 0.15) is 23.8 Å². The Hall–Kier alpha value is -0.920. The maximum Gasteiger partial charge on any atom is 0.199 e. The van der Waals surface area contributed by atoms with E-state index in [4.69, 9.17) is 0 Å². The van der Waals surface area contributed by atoms with E-state index in [0.717, 1.165) is 31.2 Å². The van der Waals surface area contributed by atoms with Crippen molar-refractivity contribution < 1.29 is 9.59 Å². The van der Waals surface area contributed by atoms with Gasteiger partial charge in [-0.05, 0) is 13.0 Å². The molecule has 1 atom stereocenters. The monoisotopic (exact) mass is 297 g/mol. The van der Waals surface area contributed by atoms with Crippen LogP contribution in [0.3, 0.4) is 0 Å². The van der Waals surface area contributed by atoms with Gasteiger partial charge >= 0.3 is 0 Å². The second-order valence-electron chi connectivity index (χ2n) is 4.81. The highest BCUT2D eigenvalue weighted by atomic mass is 32.2. The summed E-state index contributed by atoms with van der Waals surface area (Å²) >= 11 is 2.90. The van der Waals surface area contributed by atoms with Crippen molar-refractivity contribution in [1.29, 1.82) is 0 Å². The normalized spacial score (nSPS) is 22.8. The highest BCUT2D eigenvalue weighted by Gasteiger charge is 2.32. The van der Waals surface area contributed by atoms with Crippen LogP contribution in [0, 0.1) is 0 Å². The van der Waals surface area contributed by atoms with Gasteiger partial charge < -0.3 is 10.2 Å². The van der Waals surface area contributed by atoms with Crippen LogP contribution in [0.4, 0.5) is 5.13 Å². The summed E-state index contributed by atoms with van der Waals surface area (Å²) in [6.07, 6.45) is 0.909. The molecular formula is C12H15N3O2S2. The number of thiazole rings is 1. The molecule has 2 saturated heterocycles. The van der Waals surface area contributed by atoms with Crippen LogP contribution in [-0.4, -0.2) is 46.8 Å². The van der Waals surface area contributed by atoms with Crippen LogP contribution in [-0.2, 0) is 4.79 Å². The lowest BCUT2D eigenvalue weighted by atomic mass is 10.0. The summed E-state index contributed by atoms with van der Waals surface area (Å²) in [5, 5.41) is 6.36. The molecule has 102 valence electrons. The zero-order valence-electron chi connectivity index (χ0n) is 10.6. The molecule has 1 N–H and O–H groups in total. The Bertz CT molecular complexity index is 507. The SMILES string of the molecule is CC(=O)SC1CN(c2nc(C(=O)C3CCN3)cs2)C1. The fourth-order valence-corrected chi connectivity index (χ4v) is 3.93. The van der Waals surface area contributed by atoms with E-state index in [-0.39, 0.29) is 16.9 Å². The van der Waals surface area contributed by atoms with Crippen molar-refractivity contribution in [3.8, 4) is 0 Å². The maximum atomic E-state index is 12.0. The van der Waals surface area contributed by atoms with E-state index in [9.17, 15) is 9.59 Å². The zero-order chi connectivity index (χ0) is 13.4. The number of hydrogen-bond donors (Lipinski definition) is 1. The molecule has 0 saturated carbocycles. The molecule has 0 bridgehead atoms. The van der Waals surface area contributed by atoms with Crippen LogP contribution in [0.5, 0.6) is 0 Å². The van der Waals surface area contributed by atoms with Gasteiger partial charge in [-0.3, -0.25) is 9.59 Å². The van der Waals surface area contributed by atoms with Gasteiger partial charge in [-0.1, -0.05) is 11.8 Å². The fourth-order valence-electron chi connectivity index (χ4n) is 2.12. The number of thioether (sulfide) groups is 1. The molecule has 1 aromatic rings. The van der Waals surface area contributed by atoms with Gasteiger partial charge in [-0.15, -0.1) is 11.3 Å². The van der Waals surface area contributed by atoms with Crippen LogP contribution in [0.25, 0.3) is 0 Å². The number of carbonyl (C=O) groups is 2. The largest absolute Gasteiger partial charge is 0.346 e. The summed E-state index contributed by atoms with van der Waals surface area (Å²) in [4.78, 5) is 29.5. The molecule has 0 spiro atoms. The molecule has 5 nitrogen and oxygen atoms in total. The summed E-state index contributed by atoms with van der Waals surface area (Å²) in [7, 11) is 0. The van der Waals surface area contributed by atoms with E-state index in [1.807, 2.05) is 5.38 Å². The van der Waals surface area contributed by atoms with E-state index < -0.39 is 0 Å². The smallest absolute Gasteiger partial charge is 0.199 e. The first-order chi connectivity index (χ1) is 9.13. The van der Waals surface area contributed by atoms with Gasteiger partial charge in [0.2, 0.25) is 0 Å². The second kappa shape index (κ2) is 5.22. The minimum absolute atomic E-state index is 0.0349.